The van der Waals surface area contributed by atoms with Gasteiger partial charge in [-0.2, -0.15) is 0 Å². The Morgan fingerprint density at radius 1 is 0.905 bits per heavy atom. The standard InChI is InChI=1S/C31H38ClN3O6S/c1-6-22(3)33-31(37)27(7-2)34(20-23-13-15-24(32)16-14-23)30(36)21-35(25-11-9-8-10-12-25)42(38,39)26-17-18-28(40-4)29(19-26)41-5/h8-19,22,27H,6-7,20-21H2,1-5H3,(H,33,37)/t22-,27+/m0/s1. The van der Waals surface area contributed by atoms with Gasteiger partial charge in [0.1, 0.15) is 12.6 Å². The summed E-state index contributed by atoms with van der Waals surface area (Å²) in [5.41, 5.74) is 1.04. The van der Waals surface area contributed by atoms with Gasteiger partial charge in [0.2, 0.25) is 11.8 Å². The first-order chi connectivity index (χ1) is 20.0. The van der Waals surface area contributed by atoms with Gasteiger partial charge in [0.05, 0.1) is 24.8 Å². The SMILES string of the molecule is CC[C@H](C(=O)N[C@@H](C)CC)N(Cc1ccc(Cl)cc1)C(=O)CN(c1ccccc1)S(=O)(=O)c1ccc(OC)c(OC)c1. The second kappa shape index (κ2) is 14.9. The molecule has 3 rings (SSSR count). The average molecular weight is 616 g/mol. The van der Waals surface area contributed by atoms with E-state index in [2.05, 4.69) is 5.32 Å². The van der Waals surface area contributed by atoms with Crippen LogP contribution in [0.25, 0.3) is 0 Å². The molecule has 0 bridgehead atoms. The normalized spacial score (nSPS) is 12.6. The molecule has 0 fully saturated rings. The Bertz CT molecular complexity index is 1450. The zero-order valence-electron chi connectivity index (χ0n) is 24.5. The van der Waals surface area contributed by atoms with Crippen LogP contribution in [0.3, 0.4) is 0 Å². The summed E-state index contributed by atoms with van der Waals surface area (Å²) in [6.07, 6.45) is 1.05. The van der Waals surface area contributed by atoms with E-state index in [9.17, 15) is 18.0 Å². The molecule has 0 radical (unpaired) electrons. The molecule has 1 N–H and O–H groups in total. The van der Waals surface area contributed by atoms with Gasteiger partial charge in [0.15, 0.2) is 11.5 Å². The molecule has 0 aliphatic rings. The van der Waals surface area contributed by atoms with Gasteiger partial charge >= 0.3 is 0 Å². The summed E-state index contributed by atoms with van der Waals surface area (Å²) >= 11 is 6.08. The second-order valence-electron chi connectivity index (χ2n) is 9.75. The summed E-state index contributed by atoms with van der Waals surface area (Å²) in [5.74, 6) is -0.242. The Hall–Kier alpha value is -3.76. The fourth-order valence-corrected chi connectivity index (χ4v) is 5.93. The summed E-state index contributed by atoms with van der Waals surface area (Å²) < 4.78 is 39.8. The molecule has 0 heterocycles. The van der Waals surface area contributed by atoms with Crippen LogP contribution in [0.15, 0.2) is 77.7 Å². The minimum atomic E-state index is -4.26. The van der Waals surface area contributed by atoms with E-state index in [1.165, 1.54) is 37.3 Å². The van der Waals surface area contributed by atoms with Gasteiger partial charge in [-0.15, -0.1) is 0 Å². The van der Waals surface area contributed by atoms with Crippen molar-refractivity contribution >= 4 is 39.1 Å². The molecule has 0 aromatic heterocycles. The highest BCUT2D eigenvalue weighted by Crippen LogP contribution is 2.32. The number of sulfonamides is 1. The van der Waals surface area contributed by atoms with Crippen LogP contribution in [-0.2, 0) is 26.2 Å². The first kappa shape index (κ1) is 32.8. The molecule has 0 saturated carbocycles. The quantitative estimate of drug-likeness (QED) is 0.265. The monoisotopic (exact) mass is 615 g/mol. The van der Waals surface area contributed by atoms with Crippen LogP contribution in [0, 0.1) is 0 Å². The van der Waals surface area contributed by atoms with Crippen LogP contribution in [0.1, 0.15) is 39.2 Å². The molecule has 9 nitrogen and oxygen atoms in total. The van der Waals surface area contributed by atoms with Crippen molar-refractivity contribution in [1.29, 1.82) is 0 Å². The molecule has 0 saturated heterocycles. The number of methoxy groups -OCH3 is 2. The Labute approximate surface area is 253 Å². The number of hydrogen-bond acceptors (Lipinski definition) is 6. The summed E-state index contributed by atoms with van der Waals surface area (Å²) in [4.78, 5) is 28.8. The van der Waals surface area contributed by atoms with E-state index < -0.39 is 28.5 Å². The lowest BCUT2D eigenvalue weighted by molar-refractivity contribution is -0.140. The number of carbonyl (C=O) groups is 2. The average Bonchev–Trinajstić information content (AvgIpc) is 3.00. The van der Waals surface area contributed by atoms with Crippen molar-refractivity contribution in [3.63, 3.8) is 0 Å². The Kier molecular flexibility index (Phi) is 11.6. The van der Waals surface area contributed by atoms with Gasteiger partial charge in [-0.05, 0) is 61.7 Å². The second-order valence-corrected chi connectivity index (χ2v) is 12.1. The summed E-state index contributed by atoms with van der Waals surface area (Å²) in [7, 11) is -1.39. The highest BCUT2D eigenvalue weighted by molar-refractivity contribution is 7.92. The van der Waals surface area contributed by atoms with Crippen LogP contribution < -0.4 is 19.1 Å². The molecule has 0 aliphatic heterocycles. The van der Waals surface area contributed by atoms with Crippen LogP contribution >= 0.6 is 11.6 Å². The number of para-hydroxylation sites is 1. The Balaban J connectivity index is 2.06. The van der Waals surface area contributed by atoms with Crippen LogP contribution in [0.4, 0.5) is 5.69 Å². The number of halogens is 1. The maximum atomic E-state index is 14.1. The van der Waals surface area contributed by atoms with Crippen molar-refractivity contribution in [3.8, 4) is 11.5 Å². The first-order valence-electron chi connectivity index (χ1n) is 13.7. The van der Waals surface area contributed by atoms with E-state index in [0.717, 1.165) is 16.3 Å². The number of anilines is 1. The topological polar surface area (TPSA) is 105 Å². The largest absolute Gasteiger partial charge is 0.493 e. The molecule has 3 aromatic rings. The molecule has 2 atom stereocenters. The van der Waals surface area contributed by atoms with Crippen molar-refractivity contribution in [3.05, 3.63) is 83.4 Å². The zero-order chi connectivity index (χ0) is 30.9. The summed E-state index contributed by atoms with van der Waals surface area (Å²) in [6, 6.07) is 18.7. The van der Waals surface area contributed by atoms with Gasteiger partial charge < -0.3 is 19.7 Å². The molecular weight excluding hydrogens is 578 g/mol. The molecule has 2 amide bonds. The van der Waals surface area contributed by atoms with Gasteiger partial charge in [-0.25, -0.2) is 8.42 Å². The van der Waals surface area contributed by atoms with Crippen LogP contribution in [0.2, 0.25) is 5.02 Å². The maximum Gasteiger partial charge on any atom is 0.264 e. The fourth-order valence-electron chi connectivity index (χ4n) is 4.37. The number of ether oxygens (including phenoxy) is 2. The third kappa shape index (κ3) is 7.95. The third-order valence-electron chi connectivity index (χ3n) is 6.92. The van der Waals surface area contributed by atoms with E-state index >= 15 is 0 Å². The van der Waals surface area contributed by atoms with Crippen molar-refractivity contribution in [2.24, 2.45) is 0 Å². The van der Waals surface area contributed by atoms with E-state index in [0.29, 0.717) is 22.9 Å². The third-order valence-corrected chi connectivity index (χ3v) is 8.94. The van der Waals surface area contributed by atoms with E-state index in [4.69, 9.17) is 21.1 Å². The maximum absolute atomic E-state index is 14.1. The number of carbonyl (C=O) groups excluding carboxylic acids is 2. The van der Waals surface area contributed by atoms with Crippen molar-refractivity contribution in [2.75, 3.05) is 25.1 Å². The highest BCUT2D eigenvalue weighted by atomic mass is 35.5. The molecular formula is C31H38ClN3O6S. The molecule has 0 unspecified atom stereocenters. The van der Waals surface area contributed by atoms with E-state index in [1.54, 1.807) is 54.6 Å². The molecule has 11 heteroatoms. The van der Waals surface area contributed by atoms with Crippen molar-refractivity contribution < 1.29 is 27.5 Å². The summed E-state index contributed by atoms with van der Waals surface area (Å²) in [6.45, 7) is 5.21. The Morgan fingerprint density at radius 3 is 2.12 bits per heavy atom. The van der Waals surface area contributed by atoms with Crippen LogP contribution in [0.5, 0.6) is 11.5 Å². The molecule has 42 heavy (non-hydrogen) atoms. The number of rotatable bonds is 14. The van der Waals surface area contributed by atoms with E-state index in [1.807, 2.05) is 20.8 Å². The number of nitrogens with one attached hydrogen (secondary N) is 1. The number of hydrogen-bond donors (Lipinski definition) is 1. The van der Waals surface area contributed by atoms with Crippen LogP contribution in [-0.4, -0.2) is 58.0 Å². The zero-order valence-corrected chi connectivity index (χ0v) is 26.1. The molecule has 0 spiro atoms. The van der Waals surface area contributed by atoms with Gasteiger partial charge in [-0.1, -0.05) is 55.8 Å². The van der Waals surface area contributed by atoms with Crippen molar-refractivity contribution in [2.45, 2.75) is 57.1 Å². The number of benzene rings is 3. The molecule has 0 aliphatic carbocycles. The lowest BCUT2D eigenvalue weighted by Gasteiger charge is -2.33. The number of nitrogens with zero attached hydrogens (tertiary/aromatic N) is 2. The fraction of sp³-hybridized carbons (Fsp3) is 0.355. The highest BCUT2D eigenvalue weighted by Gasteiger charge is 2.34. The van der Waals surface area contributed by atoms with Gasteiger partial charge in [0, 0.05) is 23.7 Å². The number of amides is 2. The van der Waals surface area contributed by atoms with E-state index in [-0.39, 0.29) is 29.1 Å². The minimum Gasteiger partial charge on any atom is -0.493 e. The minimum absolute atomic E-state index is 0.0809. The summed E-state index contributed by atoms with van der Waals surface area (Å²) in [5, 5.41) is 3.50. The van der Waals surface area contributed by atoms with Crippen molar-refractivity contribution in [1.82, 2.24) is 10.2 Å². The lowest BCUT2D eigenvalue weighted by atomic mass is 10.1. The lowest BCUT2D eigenvalue weighted by Crippen LogP contribution is -2.53. The smallest absolute Gasteiger partial charge is 0.264 e. The molecule has 226 valence electrons. The first-order valence-corrected chi connectivity index (χ1v) is 15.5. The predicted octanol–water partition coefficient (Wildman–Crippen LogP) is 5.27. The predicted molar refractivity (Wildman–Crippen MR) is 164 cm³/mol. The van der Waals surface area contributed by atoms with Gasteiger partial charge in [0.25, 0.3) is 10.0 Å². The Morgan fingerprint density at radius 2 is 1.55 bits per heavy atom. The molecule has 3 aromatic carbocycles. The van der Waals surface area contributed by atoms with Gasteiger partial charge in [-0.3, -0.25) is 13.9 Å².